The summed E-state index contributed by atoms with van der Waals surface area (Å²) >= 11 is 0. The molecule has 6 atom stereocenters. The Morgan fingerprint density at radius 2 is 0.968 bits per heavy atom. The monoisotopic (exact) mass is 891 g/mol. The molecule has 4 N–H and O–H groups in total. The molecular formula is C49H78O12S. The van der Waals surface area contributed by atoms with E-state index in [1.54, 1.807) is 0 Å². The van der Waals surface area contributed by atoms with Gasteiger partial charge in [-0.2, -0.15) is 8.42 Å². The highest BCUT2D eigenvalue weighted by Gasteiger charge is 2.46. The van der Waals surface area contributed by atoms with Crippen molar-refractivity contribution < 1.29 is 56.8 Å². The van der Waals surface area contributed by atoms with Crippen LogP contribution in [0.25, 0.3) is 0 Å². The standard InChI is InChI=1S/C49H78O12S/c1-3-5-7-9-11-13-15-17-19-20-21-22-24-26-28-30-32-34-36-38-45(51)60-42(40-59-49-48(54)47(53)46(52)43(61-49)41-62(55,56)57)39-58-44(50)37-35-33-31-29-27-25-23-18-16-14-12-10-8-6-4-2/h5-8,11-14,17-19,21-23,26,28,42-43,46-49,52-54H,3-4,9-10,15-16,20,24-25,27,29-41H2,1-2H3,(H,55,56,57)/b7-5-,8-6-,13-11-,14-12-,19-17-,22-21-,23-18-,28-26-. The number of carbonyl (C=O) groups is 2. The van der Waals surface area contributed by atoms with Gasteiger partial charge in [-0.15, -0.1) is 0 Å². The molecule has 1 saturated heterocycles. The average Bonchev–Trinajstić information content (AvgIpc) is 3.24. The van der Waals surface area contributed by atoms with Gasteiger partial charge in [-0.1, -0.05) is 137 Å². The first-order valence-corrected chi connectivity index (χ1v) is 24.4. The summed E-state index contributed by atoms with van der Waals surface area (Å²) in [5.41, 5.74) is 0. The van der Waals surface area contributed by atoms with Crippen LogP contribution in [0.3, 0.4) is 0 Å². The Morgan fingerprint density at radius 1 is 0.548 bits per heavy atom. The second-order valence-corrected chi connectivity index (χ2v) is 16.8. The van der Waals surface area contributed by atoms with Crippen LogP contribution in [0.1, 0.15) is 142 Å². The van der Waals surface area contributed by atoms with Crippen LogP contribution in [0.2, 0.25) is 0 Å². The van der Waals surface area contributed by atoms with Crippen LogP contribution in [0, 0.1) is 0 Å². The van der Waals surface area contributed by atoms with E-state index in [4.69, 9.17) is 18.9 Å². The maximum Gasteiger partial charge on any atom is 0.306 e. The van der Waals surface area contributed by atoms with Crippen molar-refractivity contribution >= 4 is 22.1 Å². The van der Waals surface area contributed by atoms with Crippen molar-refractivity contribution in [2.75, 3.05) is 19.0 Å². The molecule has 0 saturated carbocycles. The van der Waals surface area contributed by atoms with E-state index in [0.717, 1.165) is 103 Å². The van der Waals surface area contributed by atoms with E-state index >= 15 is 0 Å². The minimum atomic E-state index is -4.62. The Balaban J connectivity index is 2.49. The first-order valence-electron chi connectivity index (χ1n) is 22.8. The molecule has 0 aromatic carbocycles. The number of unbranched alkanes of at least 4 members (excludes halogenated alkanes) is 8. The molecule has 1 fully saturated rings. The predicted octanol–water partition coefficient (Wildman–Crippen LogP) is 9.44. The molecule has 6 unspecified atom stereocenters. The van der Waals surface area contributed by atoms with Gasteiger partial charge in [0.15, 0.2) is 12.4 Å². The molecule has 0 amide bonds. The molecule has 0 aliphatic carbocycles. The van der Waals surface area contributed by atoms with Gasteiger partial charge in [0.1, 0.15) is 36.8 Å². The van der Waals surface area contributed by atoms with Crippen LogP contribution in [0.15, 0.2) is 97.2 Å². The van der Waals surface area contributed by atoms with E-state index < -0.39 is 71.2 Å². The fourth-order valence-electron chi connectivity index (χ4n) is 6.19. The van der Waals surface area contributed by atoms with Gasteiger partial charge in [0.2, 0.25) is 0 Å². The Morgan fingerprint density at radius 3 is 1.45 bits per heavy atom. The van der Waals surface area contributed by atoms with E-state index in [-0.39, 0.29) is 19.4 Å². The third-order valence-corrected chi connectivity index (χ3v) is 10.4. The fourth-order valence-corrected chi connectivity index (χ4v) is 6.88. The molecule has 352 valence electrons. The van der Waals surface area contributed by atoms with Gasteiger partial charge in [-0.25, -0.2) is 0 Å². The zero-order valence-electron chi connectivity index (χ0n) is 37.4. The van der Waals surface area contributed by atoms with Crippen molar-refractivity contribution in [3.63, 3.8) is 0 Å². The number of rotatable bonds is 36. The third-order valence-electron chi connectivity index (χ3n) is 9.66. The van der Waals surface area contributed by atoms with Crippen LogP contribution in [-0.4, -0.2) is 96.0 Å². The van der Waals surface area contributed by atoms with Gasteiger partial charge < -0.3 is 34.3 Å². The van der Waals surface area contributed by atoms with Gasteiger partial charge in [0.05, 0.1) is 6.61 Å². The van der Waals surface area contributed by atoms with Crippen molar-refractivity contribution in [2.24, 2.45) is 0 Å². The largest absolute Gasteiger partial charge is 0.462 e. The lowest BCUT2D eigenvalue weighted by atomic mass is 10.00. The highest BCUT2D eigenvalue weighted by molar-refractivity contribution is 7.85. The number of aliphatic hydroxyl groups excluding tert-OH is 3. The van der Waals surface area contributed by atoms with Gasteiger partial charge in [0.25, 0.3) is 10.1 Å². The van der Waals surface area contributed by atoms with Gasteiger partial charge in [-0.3, -0.25) is 14.1 Å². The summed E-state index contributed by atoms with van der Waals surface area (Å²) < 4.78 is 54.0. The van der Waals surface area contributed by atoms with Crippen LogP contribution in [0.5, 0.6) is 0 Å². The minimum Gasteiger partial charge on any atom is -0.462 e. The lowest BCUT2D eigenvalue weighted by molar-refractivity contribution is -0.297. The molecule has 12 nitrogen and oxygen atoms in total. The van der Waals surface area contributed by atoms with Gasteiger partial charge in [-0.05, 0) is 89.9 Å². The summed E-state index contributed by atoms with van der Waals surface area (Å²) in [6, 6.07) is 0. The van der Waals surface area contributed by atoms with Crippen molar-refractivity contribution in [3.05, 3.63) is 97.2 Å². The number of ether oxygens (including phenoxy) is 4. The molecule has 62 heavy (non-hydrogen) atoms. The second-order valence-electron chi connectivity index (χ2n) is 15.3. The number of carbonyl (C=O) groups excluding carboxylic acids is 2. The molecule has 1 rings (SSSR count). The SMILES string of the molecule is CC/C=C\C/C=C\C/C=C\C/C=C\C/C=C\CCCCCC(=O)OC(COC(=O)CCCCCCC/C=C\C/C=C\C/C=C\CC)COC1OC(CS(=O)(=O)O)C(O)C(O)C1O. The van der Waals surface area contributed by atoms with E-state index in [2.05, 4.69) is 111 Å². The Labute approximate surface area is 373 Å². The highest BCUT2D eigenvalue weighted by atomic mass is 32.2. The first-order chi connectivity index (χ1) is 30.0. The molecule has 0 radical (unpaired) electrons. The molecule has 1 aliphatic rings. The van der Waals surface area contributed by atoms with E-state index in [1.165, 1.54) is 0 Å². The summed E-state index contributed by atoms with van der Waals surface area (Å²) in [5.74, 6) is -2.06. The summed E-state index contributed by atoms with van der Waals surface area (Å²) in [6.45, 7) is 3.47. The summed E-state index contributed by atoms with van der Waals surface area (Å²) in [4.78, 5) is 25.4. The lowest BCUT2D eigenvalue weighted by Gasteiger charge is -2.40. The molecule has 0 bridgehead atoms. The maximum absolute atomic E-state index is 12.8. The van der Waals surface area contributed by atoms with Gasteiger partial charge in [0, 0.05) is 12.8 Å². The molecule has 0 spiro atoms. The number of esters is 2. The Kier molecular flexibility index (Phi) is 34.7. The quantitative estimate of drug-likeness (QED) is 0.0202. The van der Waals surface area contributed by atoms with Crippen LogP contribution < -0.4 is 0 Å². The van der Waals surface area contributed by atoms with E-state index in [9.17, 15) is 37.9 Å². The Hall–Kier alpha value is -3.43. The summed E-state index contributed by atoms with van der Waals surface area (Å²) in [7, 11) is -4.62. The predicted molar refractivity (Wildman–Crippen MR) is 247 cm³/mol. The number of aliphatic hydroxyl groups is 3. The molecule has 13 heteroatoms. The van der Waals surface area contributed by atoms with Crippen LogP contribution in [0.4, 0.5) is 0 Å². The van der Waals surface area contributed by atoms with Crippen molar-refractivity contribution in [1.82, 2.24) is 0 Å². The van der Waals surface area contributed by atoms with Crippen LogP contribution >= 0.6 is 0 Å². The second kappa shape index (κ2) is 38.1. The summed E-state index contributed by atoms with van der Waals surface area (Å²) in [5, 5.41) is 30.9. The van der Waals surface area contributed by atoms with Crippen LogP contribution in [-0.2, 0) is 38.7 Å². The van der Waals surface area contributed by atoms with Gasteiger partial charge >= 0.3 is 11.9 Å². The molecule has 1 heterocycles. The number of allylic oxidation sites excluding steroid dienone is 16. The molecular weight excluding hydrogens is 813 g/mol. The van der Waals surface area contributed by atoms with E-state index in [0.29, 0.717) is 12.8 Å². The third kappa shape index (κ3) is 32.3. The minimum absolute atomic E-state index is 0.115. The highest BCUT2D eigenvalue weighted by Crippen LogP contribution is 2.24. The molecule has 1 aliphatic heterocycles. The Bertz CT molecular complexity index is 1510. The number of hydrogen-bond acceptors (Lipinski definition) is 11. The topological polar surface area (TPSA) is 186 Å². The zero-order chi connectivity index (χ0) is 45.5. The molecule has 0 aromatic rings. The summed E-state index contributed by atoms with van der Waals surface area (Å²) in [6.07, 6.45) is 41.6. The zero-order valence-corrected chi connectivity index (χ0v) is 38.2. The fraction of sp³-hybridized carbons (Fsp3) is 0.633. The van der Waals surface area contributed by atoms with Crippen molar-refractivity contribution in [3.8, 4) is 0 Å². The smallest absolute Gasteiger partial charge is 0.306 e. The van der Waals surface area contributed by atoms with Crippen molar-refractivity contribution in [1.29, 1.82) is 0 Å². The average molecular weight is 891 g/mol. The normalized spacial score (nSPS) is 20.8. The molecule has 0 aromatic heterocycles. The maximum atomic E-state index is 12.8. The lowest BCUT2D eigenvalue weighted by Crippen LogP contribution is -2.60. The van der Waals surface area contributed by atoms with E-state index in [1.807, 2.05) is 0 Å². The van der Waals surface area contributed by atoms with Crippen molar-refractivity contribution in [2.45, 2.75) is 179 Å². The number of hydrogen-bond donors (Lipinski definition) is 4. The first kappa shape index (κ1) is 56.6.